The van der Waals surface area contributed by atoms with E-state index in [0.29, 0.717) is 11.1 Å². The molecule has 1 saturated carbocycles. The molecular formula is C29H41ClN6S. The number of piperidine rings is 2. The van der Waals surface area contributed by atoms with Gasteiger partial charge in [-0.3, -0.25) is 0 Å². The minimum atomic E-state index is 0.0427. The van der Waals surface area contributed by atoms with Gasteiger partial charge in [-0.15, -0.1) is 0 Å². The van der Waals surface area contributed by atoms with Crippen LogP contribution in [0.2, 0.25) is 5.02 Å². The Morgan fingerprint density at radius 1 is 0.946 bits per heavy atom. The van der Waals surface area contributed by atoms with Crippen LogP contribution in [0.25, 0.3) is 0 Å². The minimum Gasteiger partial charge on any atom is -0.361 e. The molecule has 1 aliphatic carbocycles. The molecule has 1 aromatic heterocycles. The summed E-state index contributed by atoms with van der Waals surface area (Å²) in [5, 5.41) is 8.26. The third-order valence-electron chi connectivity index (χ3n) is 8.55. The van der Waals surface area contributed by atoms with E-state index in [0.717, 1.165) is 68.1 Å². The van der Waals surface area contributed by atoms with Gasteiger partial charge in [-0.2, -0.15) is 9.97 Å². The van der Waals surface area contributed by atoms with Crippen molar-refractivity contribution in [2.24, 2.45) is 5.92 Å². The molecule has 0 spiro atoms. The van der Waals surface area contributed by atoms with E-state index in [1.165, 1.54) is 56.9 Å². The number of hydrogen-bond donors (Lipinski definition) is 2. The van der Waals surface area contributed by atoms with Crippen molar-refractivity contribution in [1.29, 1.82) is 0 Å². The van der Waals surface area contributed by atoms with Gasteiger partial charge in [0.15, 0.2) is 5.11 Å². The summed E-state index contributed by atoms with van der Waals surface area (Å²) in [6, 6.07) is 10.5. The van der Waals surface area contributed by atoms with Gasteiger partial charge in [-0.1, -0.05) is 49.9 Å². The Morgan fingerprint density at radius 2 is 1.59 bits per heavy atom. The van der Waals surface area contributed by atoms with E-state index in [2.05, 4.69) is 51.6 Å². The van der Waals surface area contributed by atoms with Crippen molar-refractivity contribution >= 4 is 46.5 Å². The Balaban J connectivity index is 1.32. The first-order valence-electron chi connectivity index (χ1n) is 14.2. The average molecular weight is 541 g/mol. The molecule has 2 aromatic rings. The summed E-state index contributed by atoms with van der Waals surface area (Å²) in [5.41, 5.74) is 1.35. The maximum atomic E-state index is 6.38. The molecule has 0 bridgehead atoms. The predicted molar refractivity (Wildman–Crippen MR) is 159 cm³/mol. The van der Waals surface area contributed by atoms with Gasteiger partial charge in [0, 0.05) is 49.2 Å². The van der Waals surface area contributed by atoms with E-state index < -0.39 is 0 Å². The number of thiocarbonyl (C=S) groups is 1. The molecule has 8 heteroatoms. The molecule has 0 radical (unpaired) electrons. The lowest BCUT2D eigenvalue weighted by atomic mass is 9.69. The highest BCUT2D eigenvalue weighted by atomic mass is 35.5. The number of benzene rings is 1. The van der Waals surface area contributed by atoms with Crippen molar-refractivity contribution in [2.75, 3.05) is 47.8 Å². The minimum absolute atomic E-state index is 0.0427. The highest BCUT2D eigenvalue weighted by Gasteiger charge is 2.34. The number of aromatic nitrogens is 2. The fourth-order valence-electron chi connectivity index (χ4n) is 6.17. The first-order chi connectivity index (χ1) is 18.0. The second-order valence-corrected chi connectivity index (χ2v) is 12.1. The lowest BCUT2D eigenvalue weighted by Gasteiger charge is -2.38. The standard InChI is InChI=1S/C29H41ClN6S/c1-22-11-17-36(18-12-22)26-20-25(35-15-6-3-7-16-35)32-27(33-26)34-28(37)31-21-29(13-4-2-5-14-29)23-9-8-10-24(30)19-23/h8-10,19-20,22H,2-7,11-18,21H2,1H3,(H2,31,32,33,34,37). The van der Waals surface area contributed by atoms with E-state index in [9.17, 15) is 0 Å². The zero-order chi connectivity index (χ0) is 25.7. The SMILES string of the molecule is CC1CCN(c2cc(N3CCCCC3)nc(NC(=S)NCC3(c4cccc(Cl)c4)CCCCC3)n2)CC1. The number of nitrogens with one attached hydrogen (secondary N) is 2. The lowest BCUT2D eigenvalue weighted by Crippen LogP contribution is -2.43. The maximum absolute atomic E-state index is 6.38. The molecule has 6 nitrogen and oxygen atoms in total. The quantitative estimate of drug-likeness (QED) is 0.403. The van der Waals surface area contributed by atoms with Gasteiger partial charge < -0.3 is 20.4 Å². The number of rotatable bonds is 6. The third kappa shape index (κ3) is 6.66. The fourth-order valence-corrected chi connectivity index (χ4v) is 6.53. The van der Waals surface area contributed by atoms with Gasteiger partial charge in [-0.05, 0) is 80.8 Å². The van der Waals surface area contributed by atoms with Crippen LogP contribution in [0.15, 0.2) is 30.3 Å². The summed E-state index contributed by atoms with van der Waals surface area (Å²) in [6.45, 7) is 7.32. The van der Waals surface area contributed by atoms with E-state index in [-0.39, 0.29) is 5.41 Å². The zero-order valence-corrected chi connectivity index (χ0v) is 23.7. The molecule has 3 aliphatic rings. The molecule has 5 rings (SSSR count). The van der Waals surface area contributed by atoms with Crippen LogP contribution in [-0.2, 0) is 5.41 Å². The Bertz CT molecular complexity index is 1060. The lowest BCUT2D eigenvalue weighted by molar-refractivity contribution is 0.292. The van der Waals surface area contributed by atoms with Crippen LogP contribution in [0.1, 0.15) is 76.7 Å². The summed E-state index contributed by atoms with van der Waals surface area (Å²) < 4.78 is 0. The summed E-state index contributed by atoms with van der Waals surface area (Å²) in [7, 11) is 0. The van der Waals surface area contributed by atoms with Crippen molar-refractivity contribution in [1.82, 2.24) is 15.3 Å². The van der Waals surface area contributed by atoms with Crippen molar-refractivity contribution in [2.45, 2.75) is 76.5 Å². The van der Waals surface area contributed by atoms with Crippen molar-refractivity contribution < 1.29 is 0 Å². The first kappa shape index (κ1) is 26.5. The molecule has 200 valence electrons. The molecular weight excluding hydrogens is 500 g/mol. The maximum Gasteiger partial charge on any atom is 0.232 e. The molecule has 0 atom stereocenters. The van der Waals surface area contributed by atoms with Crippen LogP contribution < -0.4 is 20.4 Å². The molecule has 37 heavy (non-hydrogen) atoms. The van der Waals surface area contributed by atoms with Gasteiger partial charge in [0.2, 0.25) is 5.95 Å². The Labute approximate surface area is 232 Å². The molecule has 3 fully saturated rings. The molecule has 2 N–H and O–H groups in total. The topological polar surface area (TPSA) is 56.3 Å². The number of anilines is 3. The van der Waals surface area contributed by atoms with Crippen LogP contribution in [0.4, 0.5) is 17.6 Å². The van der Waals surface area contributed by atoms with E-state index >= 15 is 0 Å². The Morgan fingerprint density at radius 3 is 2.27 bits per heavy atom. The van der Waals surface area contributed by atoms with E-state index in [1.54, 1.807) is 0 Å². The van der Waals surface area contributed by atoms with Gasteiger partial charge in [0.25, 0.3) is 0 Å². The smallest absolute Gasteiger partial charge is 0.232 e. The third-order valence-corrected chi connectivity index (χ3v) is 9.03. The average Bonchev–Trinajstić information content (AvgIpc) is 2.93. The van der Waals surface area contributed by atoms with E-state index in [4.69, 9.17) is 33.8 Å². The van der Waals surface area contributed by atoms with Crippen LogP contribution in [-0.4, -0.2) is 47.8 Å². The highest BCUT2D eigenvalue weighted by molar-refractivity contribution is 7.80. The predicted octanol–water partition coefficient (Wildman–Crippen LogP) is 6.55. The van der Waals surface area contributed by atoms with Crippen molar-refractivity contribution in [3.05, 3.63) is 40.9 Å². The normalized spacial score (nSPS) is 20.5. The van der Waals surface area contributed by atoms with Crippen LogP contribution in [0.3, 0.4) is 0 Å². The summed E-state index contributed by atoms with van der Waals surface area (Å²) in [5.74, 6) is 3.39. The van der Waals surface area contributed by atoms with Gasteiger partial charge in [0.1, 0.15) is 11.6 Å². The fraction of sp³-hybridized carbons (Fsp3) is 0.621. The molecule has 2 saturated heterocycles. The van der Waals surface area contributed by atoms with Crippen molar-refractivity contribution in [3.63, 3.8) is 0 Å². The van der Waals surface area contributed by atoms with Crippen LogP contribution in [0, 0.1) is 5.92 Å². The highest BCUT2D eigenvalue weighted by Crippen LogP contribution is 2.39. The number of nitrogens with zero attached hydrogens (tertiary/aromatic N) is 4. The molecule has 0 unspecified atom stereocenters. The molecule has 0 amide bonds. The Kier molecular flexibility index (Phi) is 8.71. The first-order valence-corrected chi connectivity index (χ1v) is 15.0. The zero-order valence-electron chi connectivity index (χ0n) is 22.1. The van der Waals surface area contributed by atoms with Gasteiger partial charge in [0.05, 0.1) is 0 Å². The van der Waals surface area contributed by atoms with Crippen LogP contribution >= 0.6 is 23.8 Å². The second-order valence-electron chi connectivity index (χ2n) is 11.3. The molecule has 1 aromatic carbocycles. The molecule has 3 heterocycles. The summed E-state index contributed by atoms with van der Waals surface area (Å²) >= 11 is 12.2. The van der Waals surface area contributed by atoms with Gasteiger partial charge >= 0.3 is 0 Å². The van der Waals surface area contributed by atoms with Crippen molar-refractivity contribution in [3.8, 4) is 0 Å². The van der Waals surface area contributed by atoms with Crippen LogP contribution in [0.5, 0.6) is 0 Å². The largest absolute Gasteiger partial charge is 0.361 e. The number of hydrogen-bond acceptors (Lipinski definition) is 5. The Hall–Kier alpha value is -2.12. The monoisotopic (exact) mass is 540 g/mol. The summed E-state index contributed by atoms with van der Waals surface area (Å²) in [6.07, 6.45) is 12.2. The second kappa shape index (κ2) is 12.2. The number of halogens is 1. The molecule has 2 aliphatic heterocycles. The van der Waals surface area contributed by atoms with Gasteiger partial charge in [-0.25, -0.2) is 0 Å². The summed E-state index contributed by atoms with van der Waals surface area (Å²) in [4.78, 5) is 14.7. The van der Waals surface area contributed by atoms with E-state index in [1.807, 2.05) is 6.07 Å².